The van der Waals surface area contributed by atoms with Gasteiger partial charge in [-0.25, -0.2) is 0 Å². The van der Waals surface area contributed by atoms with Crippen LogP contribution in [0.15, 0.2) is 42.7 Å². The van der Waals surface area contributed by atoms with Gasteiger partial charge >= 0.3 is 0 Å². The molecule has 4 heteroatoms. The molecule has 0 aliphatic rings. The highest BCUT2D eigenvalue weighted by Gasteiger charge is 2.09. The van der Waals surface area contributed by atoms with E-state index in [0.717, 1.165) is 17.8 Å². The molecule has 1 aromatic carbocycles. The van der Waals surface area contributed by atoms with Crippen LogP contribution in [0, 0.1) is 0 Å². The first-order valence-electron chi connectivity index (χ1n) is 5.75. The summed E-state index contributed by atoms with van der Waals surface area (Å²) in [6.45, 7) is 0.755. The minimum absolute atomic E-state index is 0.659. The van der Waals surface area contributed by atoms with Crippen LogP contribution in [-0.4, -0.2) is 19.1 Å². The Morgan fingerprint density at radius 3 is 2.78 bits per heavy atom. The van der Waals surface area contributed by atoms with Crippen LogP contribution in [0.2, 0.25) is 0 Å². The molecule has 0 amide bonds. The van der Waals surface area contributed by atoms with Crippen molar-refractivity contribution in [2.75, 3.05) is 24.8 Å². The Morgan fingerprint density at radius 1 is 1.28 bits per heavy atom. The molecule has 0 saturated heterocycles. The van der Waals surface area contributed by atoms with Crippen molar-refractivity contribution in [2.45, 2.75) is 6.54 Å². The Bertz CT molecular complexity index is 514. The fourth-order valence-electron chi connectivity index (χ4n) is 1.89. The highest BCUT2D eigenvalue weighted by Crippen LogP contribution is 2.31. The average molecular weight is 243 g/mol. The molecule has 0 aliphatic carbocycles. The van der Waals surface area contributed by atoms with Crippen molar-refractivity contribution in [3.05, 3.63) is 48.3 Å². The summed E-state index contributed by atoms with van der Waals surface area (Å²) in [7, 11) is 3.62. The van der Waals surface area contributed by atoms with E-state index in [-0.39, 0.29) is 0 Å². The molecular formula is C14H17N3O. The minimum atomic E-state index is 0.659. The summed E-state index contributed by atoms with van der Waals surface area (Å²) in [6.07, 6.45) is 3.62. The number of para-hydroxylation sites is 1. The van der Waals surface area contributed by atoms with E-state index in [2.05, 4.69) is 9.88 Å². The molecule has 0 radical (unpaired) electrons. The topological polar surface area (TPSA) is 51.4 Å². The molecule has 18 heavy (non-hydrogen) atoms. The van der Waals surface area contributed by atoms with Gasteiger partial charge < -0.3 is 15.4 Å². The van der Waals surface area contributed by atoms with Crippen molar-refractivity contribution in [1.29, 1.82) is 0 Å². The highest BCUT2D eigenvalue weighted by molar-refractivity contribution is 5.73. The van der Waals surface area contributed by atoms with Gasteiger partial charge in [-0.1, -0.05) is 12.1 Å². The number of hydrogen-bond acceptors (Lipinski definition) is 4. The average Bonchev–Trinajstić information content (AvgIpc) is 2.40. The molecule has 0 bridgehead atoms. The van der Waals surface area contributed by atoms with Crippen LogP contribution in [0.25, 0.3) is 0 Å². The molecule has 0 fully saturated rings. The molecule has 4 nitrogen and oxygen atoms in total. The van der Waals surface area contributed by atoms with Crippen LogP contribution in [0.4, 0.5) is 11.4 Å². The monoisotopic (exact) mass is 243 g/mol. The van der Waals surface area contributed by atoms with Gasteiger partial charge in [0.2, 0.25) is 0 Å². The Labute approximate surface area is 107 Å². The summed E-state index contributed by atoms with van der Waals surface area (Å²) in [4.78, 5) is 6.18. The van der Waals surface area contributed by atoms with Crippen LogP contribution < -0.4 is 15.4 Å². The summed E-state index contributed by atoms with van der Waals surface area (Å²) in [5.74, 6) is 0.700. The number of hydrogen-bond donors (Lipinski definition) is 1. The number of benzene rings is 1. The summed E-state index contributed by atoms with van der Waals surface area (Å²) >= 11 is 0. The molecule has 0 spiro atoms. The van der Waals surface area contributed by atoms with Crippen molar-refractivity contribution >= 4 is 11.4 Å². The number of methoxy groups -OCH3 is 1. The third-order valence-corrected chi connectivity index (χ3v) is 2.82. The normalized spacial score (nSPS) is 10.1. The van der Waals surface area contributed by atoms with Crippen molar-refractivity contribution in [3.63, 3.8) is 0 Å². The van der Waals surface area contributed by atoms with E-state index in [1.807, 2.05) is 43.6 Å². The van der Waals surface area contributed by atoms with Gasteiger partial charge in [-0.15, -0.1) is 0 Å². The van der Waals surface area contributed by atoms with Crippen LogP contribution >= 0.6 is 0 Å². The lowest BCUT2D eigenvalue weighted by Crippen LogP contribution is -2.18. The predicted molar refractivity (Wildman–Crippen MR) is 73.8 cm³/mol. The van der Waals surface area contributed by atoms with Crippen LogP contribution in [-0.2, 0) is 6.54 Å². The van der Waals surface area contributed by atoms with Gasteiger partial charge in [0.15, 0.2) is 0 Å². The quantitative estimate of drug-likeness (QED) is 0.837. The van der Waals surface area contributed by atoms with Gasteiger partial charge in [0.25, 0.3) is 0 Å². The van der Waals surface area contributed by atoms with Gasteiger partial charge in [-0.3, -0.25) is 4.98 Å². The summed E-state index contributed by atoms with van der Waals surface area (Å²) < 4.78 is 5.22. The first kappa shape index (κ1) is 12.2. The molecule has 0 saturated carbocycles. The summed E-state index contributed by atoms with van der Waals surface area (Å²) in [5, 5.41) is 0. The molecule has 2 N–H and O–H groups in total. The van der Waals surface area contributed by atoms with E-state index in [4.69, 9.17) is 10.5 Å². The fraction of sp³-hybridized carbons (Fsp3) is 0.214. The molecule has 1 aromatic heterocycles. The van der Waals surface area contributed by atoms with Crippen molar-refractivity contribution in [3.8, 4) is 5.75 Å². The molecule has 2 aromatic rings. The number of nitrogen functional groups attached to an aromatic ring is 1. The Kier molecular flexibility index (Phi) is 3.67. The smallest absolute Gasteiger partial charge is 0.143 e. The number of nitrogens with zero attached hydrogens (tertiary/aromatic N) is 2. The standard InChI is InChI=1S/C14H17N3O/c1-17(10-11-5-4-8-16-9-11)12-6-3-7-13(18-2)14(12)15/h3-9H,10,15H2,1-2H3. The third-order valence-electron chi connectivity index (χ3n) is 2.82. The van der Waals surface area contributed by atoms with Crippen molar-refractivity contribution in [1.82, 2.24) is 4.98 Å². The number of pyridine rings is 1. The van der Waals surface area contributed by atoms with Gasteiger partial charge in [0, 0.05) is 26.0 Å². The van der Waals surface area contributed by atoms with Crippen LogP contribution in [0.3, 0.4) is 0 Å². The van der Waals surface area contributed by atoms with Crippen LogP contribution in [0.1, 0.15) is 5.56 Å². The van der Waals surface area contributed by atoms with Gasteiger partial charge in [-0.2, -0.15) is 0 Å². The first-order chi connectivity index (χ1) is 8.72. The molecule has 94 valence electrons. The van der Waals surface area contributed by atoms with E-state index in [0.29, 0.717) is 11.4 Å². The number of ether oxygens (including phenoxy) is 1. The van der Waals surface area contributed by atoms with Crippen LogP contribution in [0.5, 0.6) is 5.75 Å². The Hall–Kier alpha value is -2.23. The second kappa shape index (κ2) is 5.40. The number of anilines is 2. The predicted octanol–water partition coefficient (Wildman–Crippen LogP) is 2.31. The summed E-state index contributed by atoms with van der Waals surface area (Å²) in [5.41, 5.74) is 8.82. The molecule has 0 aliphatic heterocycles. The van der Waals surface area contributed by atoms with E-state index in [1.165, 1.54) is 0 Å². The zero-order chi connectivity index (χ0) is 13.0. The second-order valence-corrected chi connectivity index (χ2v) is 4.11. The van der Waals surface area contributed by atoms with Crippen molar-refractivity contribution in [2.24, 2.45) is 0 Å². The fourth-order valence-corrected chi connectivity index (χ4v) is 1.89. The van der Waals surface area contributed by atoms with Gasteiger partial charge in [0.1, 0.15) is 5.75 Å². The van der Waals surface area contributed by atoms with E-state index < -0.39 is 0 Å². The van der Waals surface area contributed by atoms with E-state index in [1.54, 1.807) is 13.3 Å². The highest BCUT2D eigenvalue weighted by atomic mass is 16.5. The zero-order valence-electron chi connectivity index (χ0n) is 10.6. The largest absolute Gasteiger partial charge is 0.495 e. The minimum Gasteiger partial charge on any atom is -0.495 e. The molecular weight excluding hydrogens is 226 g/mol. The maximum absolute atomic E-state index is 6.07. The summed E-state index contributed by atoms with van der Waals surface area (Å²) in [6, 6.07) is 9.74. The SMILES string of the molecule is COc1cccc(N(C)Cc2cccnc2)c1N. The number of nitrogens with two attached hydrogens (primary N) is 1. The molecule has 0 unspecified atom stereocenters. The second-order valence-electron chi connectivity index (χ2n) is 4.11. The molecule has 2 rings (SSSR count). The molecule has 1 heterocycles. The number of rotatable bonds is 4. The third kappa shape index (κ3) is 2.53. The zero-order valence-corrected chi connectivity index (χ0v) is 10.6. The van der Waals surface area contributed by atoms with Crippen molar-refractivity contribution < 1.29 is 4.74 Å². The maximum atomic E-state index is 6.07. The number of aromatic nitrogens is 1. The lowest BCUT2D eigenvalue weighted by molar-refractivity contribution is 0.417. The Morgan fingerprint density at radius 2 is 2.11 bits per heavy atom. The van der Waals surface area contributed by atoms with E-state index in [9.17, 15) is 0 Å². The maximum Gasteiger partial charge on any atom is 0.143 e. The van der Waals surface area contributed by atoms with Gasteiger partial charge in [-0.05, 0) is 23.8 Å². The molecule has 0 atom stereocenters. The lowest BCUT2D eigenvalue weighted by Gasteiger charge is -2.22. The van der Waals surface area contributed by atoms with Gasteiger partial charge in [0.05, 0.1) is 18.5 Å². The first-order valence-corrected chi connectivity index (χ1v) is 5.75. The van der Waals surface area contributed by atoms with E-state index >= 15 is 0 Å². The Balaban J connectivity index is 2.21. The lowest BCUT2D eigenvalue weighted by atomic mass is 10.2.